The lowest BCUT2D eigenvalue weighted by atomic mass is 10.2. The van der Waals surface area contributed by atoms with E-state index in [0.717, 1.165) is 19.6 Å². The van der Waals surface area contributed by atoms with Crippen molar-refractivity contribution < 1.29 is 9.53 Å². The second-order valence-electron chi connectivity index (χ2n) is 3.64. The summed E-state index contributed by atoms with van der Waals surface area (Å²) in [6, 6.07) is 0.416. The molecule has 1 amide bonds. The predicted molar refractivity (Wildman–Crippen MR) is 55.2 cm³/mol. The quantitative estimate of drug-likeness (QED) is 0.661. The lowest BCUT2D eigenvalue weighted by Crippen LogP contribution is -2.51. The smallest absolute Gasteiger partial charge is 0.224 e. The number of piperazine rings is 1. The molecule has 0 spiro atoms. The van der Waals surface area contributed by atoms with Gasteiger partial charge in [-0.15, -0.1) is 0 Å². The molecule has 1 heterocycles. The van der Waals surface area contributed by atoms with E-state index in [1.54, 1.807) is 0 Å². The monoisotopic (exact) mass is 200 g/mol. The Hall–Kier alpha value is -0.610. The van der Waals surface area contributed by atoms with Gasteiger partial charge in [0.2, 0.25) is 5.91 Å². The summed E-state index contributed by atoms with van der Waals surface area (Å²) in [5, 5.41) is 3.31. The van der Waals surface area contributed by atoms with Gasteiger partial charge in [-0.25, -0.2) is 0 Å². The van der Waals surface area contributed by atoms with Crippen molar-refractivity contribution in [2.45, 2.75) is 26.3 Å². The van der Waals surface area contributed by atoms with Crippen LogP contribution < -0.4 is 5.32 Å². The molecule has 0 bridgehead atoms. The fraction of sp³-hybridized carbons (Fsp3) is 0.900. The average molecular weight is 200 g/mol. The molecule has 0 unspecified atom stereocenters. The van der Waals surface area contributed by atoms with Crippen LogP contribution in [0.25, 0.3) is 0 Å². The second kappa shape index (κ2) is 5.98. The molecule has 0 saturated carbocycles. The van der Waals surface area contributed by atoms with Crippen molar-refractivity contribution in [2.75, 3.05) is 32.8 Å². The molecule has 1 aliphatic rings. The maximum Gasteiger partial charge on any atom is 0.224 e. The van der Waals surface area contributed by atoms with E-state index in [0.29, 0.717) is 25.7 Å². The molecular formula is C10H20N2O2. The Bertz CT molecular complexity index is 185. The summed E-state index contributed by atoms with van der Waals surface area (Å²) in [4.78, 5) is 13.6. The van der Waals surface area contributed by atoms with E-state index in [1.807, 2.05) is 11.8 Å². The van der Waals surface area contributed by atoms with Crippen LogP contribution in [0.3, 0.4) is 0 Å². The van der Waals surface area contributed by atoms with Crippen LogP contribution in [0, 0.1) is 0 Å². The molecule has 0 aromatic heterocycles. The van der Waals surface area contributed by atoms with Gasteiger partial charge in [0, 0.05) is 32.3 Å². The van der Waals surface area contributed by atoms with Crippen LogP contribution in [0.1, 0.15) is 20.3 Å². The first-order valence-electron chi connectivity index (χ1n) is 5.33. The molecule has 1 atom stereocenters. The zero-order chi connectivity index (χ0) is 10.4. The molecule has 0 aromatic rings. The van der Waals surface area contributed by atoms with E-state index in [9.17, 15) is 4.79 Å². The van der Waals surface area contributed by atoms with Crippen LogP contribution in [-0.4, -0.2) is 49.7 Å². The third-order valence-corrected chi connectivity index (χ3v) is 2.39. The summed E-state index contributed by atoms with van der Waals surface area (Å²) in [5.74, 6) is 0.215. The molecule has 0 aliphatic carbocycles. The van der Waals surface area contributed by atoms with Crippen molar-refractivity contribution in [3.8, 4) is 0 Å². The average Bonchev–Trinajstić information content (AvgIpc) is 2.18. The van der Waals surface area contributed by atoms with E-state index in [-0.39, 0.29) is 5.91 Å². The standard InChI is InChI=1S/C10H20N2O2/c1-3-14-7-4-10(13)12-6-5-11-9(2)8-12/h9,11H,3-8H2,1-2H3/t9-/m1/s1. The molecule has 4 heteroatoms. The number of nitrogens with one attached hydrogen (secondary N) is 1. The van der Waals surface area contributed by atoms with Crippen molar-refractivity contribution in [2.24, 2.45) is 0 Å². The first-order chi connectivity index (χ1) is 6.74. The van der Waals surface area contributed by atoms with E-state index in [2.05, 4.69) is 12.2 Å². The molecule has 0 radical (unpaired) electrons. The summed E-state index contributed by atoms with van der Waals surface area (Å²) >= 11 is 0. The number of carbonyl (C=O) groups excluding carboxylic acids is 1. The molecule has 1 saturated heterocycles. The number of rotatable bonds is 4. The molecular weight excluding hydrogens is 180 g/mol. The zero-order valence-electron chi connectivity index (χ0n) is 9.08. The minimum absolute atomic E-state index is 0.215. The highest BCUT2D eigenvalue weighted by molar-refractivity contribution is 5.76. The third-order valence-electron chi connectivity index (χ3n) is 2.39. The van der Waals surface area contributed by atoms with Crippen molar-refractivity contribution in [1.82, 2.24) is 10.2 Å². The van der Waals surface area contributed by atoms with Gasteiger partial charge >= 0.3 is 0 Å². The number of carbonyl (C=O) groups is 1. The van der Waals surface area contributed by atoms with Gasteiger partial charge in [0.05, 0.1) is 13.0 Å². The number of ether oxygens (including phenoxy) is 1. The van der Waals surface area contributed by atoms with Gasteiger partial charge in [0.1, 0.15) is 0 Å². The van der Waals surface area contributed by atoms with Gasteiger partial charge < -0.3 is 15.0 Å². The maximum atomic E-state index is 11.6. The summed E-state index contributed by atoms with van der Waals surface area (Å²) in [6.45, 7) is 7.83. The Morgan fingerprint density at radius 2 is 2.43 bits per heavy atom. The molecule has 0 aromatic carbocycles. The SMILES string of the molecule is CCOCCC(=O)N1CCN[C@H](C)C1. The molecule has 1 fully saturated rings. The van der Waals surface area contributed by atoms with E-state index in [4.69, 9.17) is 4.74 Å². The minimum Gasteiger partial charge on any atom is -0.381 e. The van der Waals surface area contributed by atoms with Crippen molar-refractivity contribution in [1.29, 1.82) is 0 Å². The Balaban J connectivity index is 2.22. The van der Waals surface area contributed by atoms with Crippen molar-refractivity contribution in [3.63, 3.8) is 0 Å². The molecule has 82 valence electrons. The van der Waals surface area contributed by atoms with Gasteiger partial charge in [-0.2, -0.15) is 0 Å². The Labute approximate surface area is 85.6 Å². The minimum atomic E-state index is 0.215. The summed E-state index contributed by atoms with van der Waals surface area (Å²) < 4.78 is 5.16. The van der Waals surface area contributed by atoms with E-state index >= 15 is 0 Å². The maximum absolute atomic E-state index is 11.6. The normalized spacial score (nSPS) is 22.4. The molecule has 1 rings (SSSR count). The zero-order valence-corrected chi connectivity index (χ0v) is 9.08. The topological polar surface area (TPSA) is 41.6 Å². The second-order valence-corrected chi connectivity index (χ2v) is 3.64. The predicted octanol–water partition coefficient (Wildman–Crippen LogP) is 0.233. The first-order valence-corrected chi connectivity index (χ1v) is 5.33. The number of nitrogens with zero attached hydrogens (tertiary/aromatic N) is 1. The van der Waals surface area contributed by atoms with Gasteiger partial charge in [-0.05, 0) is 13.8 Å². The molecule has 14 heavy (non-hydrogen) atoms. The largest absolute Gasteiger partial charge is 0.381 e. The van der Waals surface area contributed by atoms with E-state index < -0.39 is 0 Å². The fourth-order valence-corrected chi connectivity index (χ4v) is 1.62. The molecule has 1 N–H and O–H groups in total. The van der Waals surface area contributed by atoms with Gasteiger partial charge in [0.25, 0.3) is 0 Å². The molecule has 1 aliphatic heterocycles. The van der Waals surface area contributed by atoms with Crippen LogP contribution in [0.5, 0.6) is 0 Å². The lowest BCUT2D eigenvalue weighted by molar-refractivity contribution is -0.133. The summed E-state index contributed by atoms with van der Waals surface area (Å²) in [7, 11) is 0. The fourth-order valence-electron chi connectivity index (χ4n) is 1.62. The highest BCUT2D eigenvalue weighted by Gasteiger charge is 2.19. The van der Waals surface area contributed by atoms with Crippen LogP contribution >= 0.6 is 0 Å². The highest BCUT2D eigenvalue weighted by atomic mass is 16.5. The highest BCUT2D eigenvalue weighted by Crippen LogP contribution is 2.01. The Kier molecular flexibility index (Phi) is 4.90. The Morgan fingerprint density at radius 1 is 1.64 bits per heavy atom. The van der Waals surface area contributed by atoms with Gasteiger partial charge in [0.15, 0.2) is 0 Å². The van der Waals surface area contributed by atoms with Crippen molar-refractivity contribution >= 4 is 5.91 Å². The number of hydrogen-bond donors (Lipinski definition) is 1. The van der Waals surface area contributed by atoms with Crippen LogP contribution in [0.4, 0.5) is 0 Å². The van der Waals surface area contributed by atoms with Crippen LogP contribution in [0.2, 0.25) is 0 Å². The van der Waals surface area contributed by atoms with Crippen LogP contribution in [0.15, 0.2) is 0 Å². The third kappa shape index (κ3) is 3.64. The summed E-state index contributed by atoms with van der Waals surface area (Å²) in [5.41, 5.74) is 0. The van der Waals surface area contributed by atoms with Crippen LogP contribution in [-0.2, 0) is 9.53 Å². The number of hydrogen-bond acceptors (Lipinski definition) is 3. The summed E-state index contributed by atoms with van der Waals surface area (Å²) in [6.07, 6.45) is 0.514. The molecule has 4 nitrogen and oxygen atoms in total. The Morgan fingerprint density at radius 3 is 3.07 bits per heavy atom. The van der Waals surface area contributed by atoms with Gasteiger partial charge in [-0.1, -0.05) is 0 Å². The first kappa shape index (κ1) is 11.5. The lowest BCUT2D eigenvalue weighted by Gasteiger charge is -2.31. The van der Waals surface area contributed by atoms with Crippen molar-refractivity contribution in [3.05, 3.63) is 0 Å². The van der Waals surface area contributed by atoms with Gasteiger partial charge in [-0.3, -0.25) is 4.79 Å². The van der Waals surface area contributed by atoms with E-state index in [1.165, 1.54) is 0 Å². The number of amides is 1.